The summed E-state index contributed by atoms with van der Waals surface area (Å²) < 4.78 is 0. The Kier molecular flexibility index (Phi) is 4.42. The lowest BCUT2D eigenvalue weighted by Gasteiger charge is -2.37. The van der Waals surface area contributed by atoms with Gasteiger partial charge >= 0.3 is 0 Å². The number of aryl methyl sites for hydroxylation is 1. The van der Waals surface area contributed by atoms with Crippen molar-refractivity contribution in [3.63, 3.8) is 0 Å². The van der Waals surface area contributed by atoms with Gasteiger partial charge in [-0.2, -0.15) is 0 Å². The number of nitrogens with zero attached hydrogens (tertiary/aromatic N) is 3. The zero-order chi connectivity index (χ0) is 14.0. The topological polar surface area (TPSA) is 45.4 Å². The van der Waals surface area contributed by atoms with Crippen LogP contribution >= 0.6 is 0 Å². The molecule has 2 N–H and O–H groups in total. The van der Waals surface area contributed by atoms with Crippen molar-refractivity contribution in [1.82, 2.24) is 9.88 Å². The fourth-order valence-corrected chi connectivity index (χ4v) is 2.68. The zero-order valence-corrected chi connectivity index (χ0v) is 12.6. The molecule has 19 heavy (non-hydrogen) atoms. The molecule has 0 saturated carbocycles. The van der Waals surface area contributed by atoms with Crippen LogP contribution in [0.5, 0.6) is 0 Å². The molecule has 0 aliphatic carbocycles. The van der Waals surface area contributed by atoms with Gasteiger partial charge in [-0.3, -0.25) is 4.90 Å². The molecule has 1 atom stereocenters. The molecule has 1 fully saturated rings. The molecule has 0 spiro atoms. The van der Waals surface area contributed by atoms with Crippen LogP contribution in [0.1, 0.15) is 38.1 Å². The van der Waals surface area contributed by atoms with Crippen LogP contribution in [-0.2, 0) is 0 Å². The Balaban J connectivity index is 2.06. The predicted molar refractivity (Wildman–Crippen MR) is 80.5 cm³/mol. The van der Waals surface area contributed by atoms with Gasteiger partial charge in [0.05, 0.1) is 0 Å². The van der Waals surface area contributed by atoms with Crippen LogP contribution in [0.3, 0.4) is 0 Å². The van der Waals surface area contributed by atoms with Gasteiger partial charge in [-0.25, -0.2) is 4.98 Å². The molecule has 1 aromatic rings. The van der Waals surface area contributed by atoms with Crippen molar-refractivity contribution in [3.05, 3.63) is 23.4 Å². The Hall–Kier alpha value is -1.13. The van der Waals surface area contributed by atoms with E-state index in [9.17, 15) is 0 Å². The molecule has 1 aromatic heterocycles. The van der Waals surface area contributed by atoms with Gasteiger partial charge in [0.15, 0.2) is 0 Å². The van der Waals surface area contributed by atoms with Crippen LogP contribution in [0.25, 0.3) is 0 Å². The Morgan fingerprint density at radius 2 is 1.74 bits per heavy atom. The Morgan fingerprint density at radius 1 is 1.11 bits per heavy atom. The van der Waals surface area contributed by atoms with E-state index < -0.39 is 0 Å². The zero-order valence-electron chi connectivity index (χ0n) is 12.6. The molecule has 2 rings (SSSR count). The summed E-state index contributed by atoms with van der Waals surface area (Å²) in [5.41, 5.74) is 8.13. The van der Waals surface area contributed by atoms with Crippen molar-refractivity contribution in [1.29, 1.82) is 0 Å². The molecule has 106 valence electrons. The first-order chi connectivity index (χ1) is 8.99. The van der Waals surface area contributed by atoms with Crippen molar-refractivity contribution in [2.75, 3.05) is 31.1 Å². The summed E-state index contributed by atoms with van der Waals surface area (Å²) in [6, 6.07) is 4.92. The highest BCUT2D eigenvalue weighted by Crippen LogP contribution is 2.20. The number of hydrogen-bond donors (Lipinski definition) is 1. The van der Waals surface area contributed by atoms with Crippen LogP contribution < -0.4 is 10.6 Å². The molecule has 2 heterocycles. The molecule has 1 aliphatic heterocycles. The SMILES string of the molecule is Cc1nc(N2CCN(C(C)C)CC2)ccc1[C@H](C)N. The minimum absolute atomic E-state index is 0.0549. The second-order valence-electron chi connectivity index (χ2n) is 5.75. The maximum absolute atomic E-state index is 5.93. The number of rotatable bonds is 3. The molecular formula is C15H26N4. The van der Waals surface area contributed by atoms with Gasteiger partial charge < -0.3 is 10.6 Å². The van der Waals surface area contributed by atoms with Crippen molar-refractivity contribution >= 4 is 5.82 Å². The largest absolute Gasteiger partial charge is 0.354 e. The number of nitrogens with two attached hydrogens (primary N) is 1. The molecule has 0 amide bonds. The summed E-state index contributed by atoms with van der Waals surface area (Å²) in [7, 11) is 0. The van der Waals surface area contributed by atoms with Gasteiger partial charge in [0.1, 0.15) is 5.82 Å². The molecule has 4 heteroatoms. The van der Waals surface area contributed by atoms with E-state index in [2.05, 4.69) is 35.8 Å². The number of anilines is 1. The number of piperazine rings is 1. The van der Waals surface area contributed by atoms with Crippen molar-refractivity contribution in [3.8, 4) is 0 Å². The van der Waals surface area contributed by atoms with Gasteiger partial charge in [-0.1, -0.05) is 6.07 Å². The second-order valence-corrected chi connectivity index (χ2v) is 5.75. The maximum Gasteiger partial charge on any atom is 0.128 e. The van der Waals surface area contributed by atoms with E-state index in [1.54, 1.807) is 0 Å². The number of pyridine rings is 1. The van der Waals surface area contributed by atoms with Crippen LogP contribution in [0.2, 0.25) is 0 Å². The molecule has 0 bridgehead atoms. The third kappa shape index (κ3) is 3.25. The van der Waals surface area contributed by atoms with E-state index in [1.807, 2.05) is 13.8 Å². The van der Waals surface area contributed by atoms with Crippen LogP contribution in [0.15, 0.2) is 12.1 Å². The molecule has 4 nitrogen and oxygen atoms in total. The molecule has 0 unspecified atom stereocenters. The van der Waals surface area contributed by atoms with Gasteiger partial charge in [-0.05, 0) is 39.3 Å². The van der Waals surface area contributed by atoms with Crippen molar-refractivity contribution in [2.45, 2.75) is 39.8 Å². The fraction of sp³-hybridized carbons (Fsp3) is 0.667. The van der Waals surface area contributed by atoms with Crippen LogP contribution in [0, 0.1) is 6.92 Å². The van der Waals surface area contributed by atoms with Gasteiger partial charge in [0, 0.05) is 44.0 Å². The quantitative estimate of drug-likeness (QED) is 0.904. The summed E-state index contributed by atoms with van der Waals surface area (Å²) in [5.74, 6) is 1.09. The van der Waals surface area contributed by atoms with Gasteiger partial charge in [0.2, 0.25) is 0 Å². The van der Waals surface area contributed by atoms with E-state index in [0.717, 1.165) is 43.3 Å². The van der Waals surface area contributed by atoms with Crippen molar-refractivity contribution < 1.29 is 0 Å². The molecule has 0 aromatic carbocycles. The molecular weight excluding hydrogens is 236 g/mol. The van der Waals surface area contributed by atoms with Gasteiger partial charge in [0.25, 0.3) is 0 Å². The van der Waals surface area contributed by atoms with E-state index in [1.165, 1.54) is 0 Å². The lowest BCUT2D eigenvalue weighted by molar-refractivity contribution is 0.209. The van der Waals surface area contributed by atoms with Crippen LogP contribution in [-0.4, -0.2) is 42.1 Å². The smallest absolute Gasteiger partial charge is 0.128 e. The van der Waals surface area contributed by atoms with Crippen LogP contribution in [0.4, 0.5) is 5.82 Å². The Labute approximate surface area is 116 Å². The lowest BCUT2D eigenvalue weighted by Crippen LogP contribution is -2.49. The summed E-state index contributed by atoms with van der Waals surface area (Å²) >= 11 is 0. The summed E-state index contributed by atoms with van der Waals surface area (Å²) in [6.45, 7) is 12.9. The van der Waals surface area contributed by atoms with E-state index in [4.69, 9.17) is 10.7 Å². The lowest BCUT2D eigenvalue weighted by atomic mass is 10.1. The normalized spacial score (nSPS) is 18.9. The first-order valence-corrected chi connectivity index (χ1v) is 7.21. The third-order valence-electron chi connectivity index (χ3n) is 3.97. The molecule has 1 aliphatic rings. The summed E-state index contributed by atoms with van der Waals surface area (Å²) in [4.78, 5) is 9.60. The third-order valence-corrected chi connectivity index (χ3v) is 3.97. The minimum Gasteiger partial charge on any atom is -0.354 e. The standard InChI is InChI=1S/C15H26N4/c1-11(2)18-7-9-19(10-8-18)15-6-5-14(12(3)16)13(4)17-15/h5-6,11-12H,7-10,16H2,1-4H3/t12-/m0/s1. The van der Waals surface area contributed by atoms with E-state index >= 15 is 0 Å². The maximum atomic E-state index is 5.93. The Morgan fingerprint density at radius 3 is 2.21 bits per heavy atom. The van der Waals surface area contributed by atoms with Gasteiger partial charge in [-0.15, -0.1) is 0 Å². The highest BCUT2D eigenvalue weighted by molar-refractivity contribution is 5.42. The first-order valence-electron chi connectivity index (χ1n) is 7.21. The van der Waals surface area contributed by atoms with E-state index in [0.29, 0.717) is 6.04 Å². The van der Waals surface area contributed by atoms with Crippen molar-refractivity contribution in [2.24, 2.45) is 5.73 Å². The van der Waals surface area contributed by atoms with E-state index in [-0.39, 0.29) is 6.04 Å². The fourth-order valence-electron chi connectivity index (χ4n) is 2.68. The average Bonchev–Trinajstić information content (AvgIpc) is 2.38. The molecule has 0 radical (unpaired) electrons. The Bertz CT molecular complexity index is 420. The monoisotopic (exact) mass is 262 g/mol. The minimum atomic E-state index is 0.0549. The summed E-state index contributed by atoms with van der Waals surface area (Å²) in [5, 5.41) is 0. The first kappa shape index (κ1) is 14.3. The second kappa shape index (κ2) is 5.88. The number of aromatic nitrogens is 1. The predicted octanol–water partition coefficient (Wildman–Crippen LogP) is 1.94. The summed E-state index contributed by atoms with van der Waals surface area (Å²) in [6.07, 6.45) is 0. The highest BCUT2D eigenvalue weighted by Gasteiger charge is 2.20. The number of hydrogen-bond acceptors (Lipinski definition) is 4. The average molecular weight is 262 g/mol. The highest BCUT2D eigenvalue weighted by atomic mass is 15.3. The molecule has 1 saturated heterocycles.